The van der Waals surface area contributed by atoms with Crippen LogP contribution in [0.1, 0.15) is 31.4 Å². The molecule has 0 aromatic heterocycles. The van der Waals surface area contributed by atoms with Gasteiger partial charge in [-0.3, -0.25) is 9.69 Å². The molecule has 1 aliphatic rings. The van der Waals surface area contributed by atoms with Gasteiger partial charge in [-0.05, 0) is 50.5 Å². The van der Waals surface area contributed by atoms with Crippen LogP contribution >= 0.6 is 0 Å². The van der Waals surface area contributed by atoms with Gasteiger partial charge in [0.2, 0.25) is 5.91 Å². The van der Waals surface area contributed by atoms with Gasteiger partial charge in [0.15, 0.2) is 0 Å². The molecule has 0 fully saturated rings. The number of hydrogen-bond donors (Lipinski definition) is 1. The Morgan fingerprint density at radius 2 is 1.69 bits per heavy atom. The summed E-state index contributed by atoms with van der Waals surface area (Å²) in [5.74, 6) is -0.344. The maximum absolute atomic E-state index is 13.4. The summed E-state index contributed by atoms with van der Waals surface area (Å²) in [4.78, 5) is 27.1. The fourth-order valence-electron chi connectivity index (χ4n) is 3.37. The lowest BCUT2D eigenvalue weighted by atomic mass is 10.1. The van der Waals surface area contributed by atoms with Crippen LogP contribution in [0.2, 0.25) is 0 Å². The van der Waals surface area contributed by atoms with Crippen LogP contribution in [0.25, 0.3) is 0 Å². The third-order valence-electron chi connectivity index (χ3n) is 5.04. The molecule has 0 saturated carbocycles. The molecule has 0 spiro atoms. The summed E-state index contributed by atoms with van der Waals surface area (Å²) in [6.45, 7) is 7.06. The molecule has 1 atom stereocenters. The molecule has 0 aliphatic carbocycles. The average molecular weight is 416 g/mol. The van der Waals surface area contributed by atoms with Gasteiger partial charge in [-0.1, -0.05) is 37.3 Å². The van der Waals surface area contributed by atoms with Crippen molar-refractivity contribution in [3.8, 4) is 0 Å². The van der Waals surface area contributed by atoms with E-state index >= 15 is 0 Å². The summed E-state index contributed by atoms with van der Waals surface area (Å²) in [6.07, 6.45) is 0.749. The first-order valence-corrected chi connectivity index (χ1v) is 10.9. The number of rotatable bonds is 5. The first-order valence-electron chi connectivity index (χ1n) is 9.50. The van der Waals surface area contributed by atoms with Gasteiger partial charge in [0, 0.05) is 6.04 Å². The molecular formula is C21H25N3O4S. The van der Waals surface area contributed by atoms with E-state index in [4.69, 9.17) is 0 Å². The van der Waals surface area contributed by atoms with E-state index < -0.39 is 16.1 Å². The molecule has 1 aliphatic heterocycles. The highest BCUT2D eigenvalue weighted by Crippen LogP contribution is 2.39. The molecule has 154 valence electrons. The SMILES string of the molecule is CCC(C)NC(=O)CN1C(=O)N(c2c(C)cccc2C)S(=O)(=O)c2ccccc21. The lowest BCUT2D eigenvalue weighted by Gasteiger charge is -2.37. The monoisotopic (exact) mass is 415 g/mol. The number of sulfonamides is 1. The minimum atomic E-state index is -4.12. The molecule has 0 saturated heterocycles. The highest BCUT2D eigenvalue weighted by atomic mass is 32.2. The molecule has 0 bridgehead atoms. The number of nitrogens with zero attached hydrogens (tertiary/aromatic N) is 2. The number of benzene rings is 2. The zero-order valence-corrected chi connectivity index (χ0v) is 17.8. The fraction of sp³-hybridized carbons (Fsp3) is 0.333. The van der Waals surface area contributed by atoms with Crippen molar-refractivity contribution in [2.45, 2.75) is 45.1 Å². The number of hydrogen-bond acceptors (Lipinski definition) is 4. The largest absolute Gasteiger partial charge is 0.352 e. The lowest BCUT2D eigenvalue weighted by Crippen LogP contribution is -2.54. The maximum atomic E-state index is 13.4. The molecule has 29 heavy (non-hydrogen) atoms. The summed E-state index contributed by atoms with van der Waals surface area (Å²) in [6, 6.07) is 10.8. The Bertz CT molecular complexity index is 1050. The van der Waals surface area contributed by atoms with Crippen molar-refractivity contribution in [2.24, 2.45) is 0 Å². The second-order valence-electron chi connectivity index (χ2n) is 7.22. The second kappa shape index (κ2) is 7.87. The first-order chi connectivity index (χ1) is 13.7. The number of nitrogens with one attached hydrogen (secondary N) is 1. The van der Waals surface area contributed by atoms with Gasteiger partial charge in [-0.2, -0.15) is 4.31 Å². The topological polar surface area (TPSA) is 86.8 Å². The van der Waals surface area contributed by atoms with E-state index in [1.54, 1.807) is 50.2 Å². The average Bonchev–Trinajstić information content (AvgIpc) is 2.67. The molecule has 0 radical (unpaired) electrons. The molecule has 2 aromatic carbocycles. The third-order valence-corrected chi connectivity index (χ3v) is 6.76. The minimum absolute atomic E-state index is 0.00130. The number of anilines is 2. The van der Waals surface area contributed by atoms with E-state index in [0.717, 1.165) is 10.7 Å². The zero-order valence-electron chi connectivity index (χ0n) is 17.0. The summed E-state index contributed by atoms with van der Waals surface area (Å²) < 4.78 is 27.5. The van der Waals surface area contributed by atoms with Crippen LogP contribution in [-0.2, 0) is 14.8 Å². The van der Waals surface area contributed by atoms with Crippen LogP contribution < -0.4 is 14.5 Å². The fourth-order valence-corrected chi connectivity index (χ4v) is 5.10. The second-order valence-corrected chi connectivity index (χ2v) is 8.98. The van der Waals surface area contributed by atoms with E-state index in [-0.39, 0.29) is 29.1 Å². The van der Waals surface area contributed by atoms with E-state index in [9.17, 15) is 18.0 Å². The minimum Gasteiger partial charge on any atom is -0.352 e. The summed E-state index contributed by atoms with van der Waals surface area (Å²) in [5.41, 5.74) is 1.84. The van der Waals surface area contributed by atoms with Gasteiger partial charge >= 0.3 is 6.03 Å². The smallest absolute Gasteiger partial charge is 0.343 e. The Morgan fingerprint density at radius 3 is 2.31 bits per heavy atom. The normalized spacial score (nSPS) is 16.3. The van der Waals surface area contributed by atoms with Crippen LogP contribution in [0.4, 0.5) is 16.2 Å². The number of carbonyl (C=O) groups excluding carboxylic acids is 2. The van der Waals surface area contributed by atoms with Crippen LogP contribution in [0.5, 0.6) is 0 Å². The van der Waals surface area contributed by atoms with Gasteiger partial charge in [-0.15, -0.1) is 0 Å². The van der Waals surface area contributed by atoms with Crippen LogP contribution in [0, 0.1) is 13.8 Å². The number of urea groups is 1. The van der Waals surface area contributed by atoms with Crippen molar-refractivity contribution < 1.29 is 18.0 Å². The van der Waals surface area contributed by atoms with Crippen LogP contribution in [0.3, 0.4) is 0 Å². The maximum Gasteiger partial charge on any atom is 0.343 e. The van der Waals surface area contributed by atoms with Gasteiger partial charge in [0.1, 0.15) is 11.4 Å². The lowest BCUT2D eigenvalue weighted by molar-refractivity contribution is -0.120. The number of carbonyl (C=O) groups is 2. The molecule has 1 N–H and O–H groups in total. The Kier molecular flexibility index (Phi) is 5.66. The van der Waals surface area contributed by atoms with E-state index in [1.807, 2.05) is 13.8 Å². The van der Waals surface area contributed by atoms with Crippen LogP contribution in [-0.4, -0.2) is 32.9 Å². The van der Waals surface area contributed by atoms with Gasteiger partial charge in [0.05, 0.1) is 11.4 Å². The van der Waals surface area contributed by atoms with Gasteiger partial charge in [-0.25, -0.2) is 13.2 Å². The molecule has 2 aromatic rings. The predicted octanol–water partition coefficient (Wildman–Crippen LogP) is 3.35. The molecule has 7 nitrogen and oxygen atoms in total. The quantitative estimate of drug-likeness (QED) is 0.811. The first kappa shape index (κ1) is 20.9. The van der Waals surface area contributed by atoms with E-state index in [1.165, 1.54) is 11.0 Å². The van der Waals surface area contributed by atoms with Crippen molar-refractivity contribution in [1.29, 1.82) is 0 Å². The Morgan fingerprint density at radius 1 is 1.07 bits per heavy atom. The van der Waals surface area contributed by atoms with E-state index in [2.05, 4.69) is 5.32 Å². The van der Waals surface area contributed by atoms with Gasteiger partial charge < -0.3 is 5.32 Å². The molecular weight excluding hydrogens is 390 g/mol. The molecule has 8 heteroatoms. The number of fused-ring (bicyclic) bond motifs is 1. The predicted molar refractivity (Wildman–Crippen MR) is 113 cm³/mol. The summed E-state index contributed by atoms with van der Waals surface area (Å²) in [7, 11) is -4.12. The van der Waals surface area contributed by atoms with Crippen molar-refractivity contribution >= 4 is 33.3 Å². The van der Waals surface area contributed by atoms with Crippen LogP contribution in [0.15, 0.2) is 47.4 Å². The Labute approximate surface area is 171 Å². The van der Waals surface area contributed by atoms with E-state index in [0.29, 0.717) is 16.8 Å². The number of aryl methyl sites for hydroxylation is 2. The van der Waals surface area contributed by atoms with Crippen molar-refractivity contribution in [2.75, 3.05) is 15.7 Å². The highest BCUT2D eigenvalue weighted by molar-refractivity contribution is 7.94. The summed E-state index contributed by atoms with van der Waals surface area (Å²) >= 11 is 0. The number of para-hydroxylation sites is 2. The Balaban J connectivity index is 2.13. The van der Waals surface area contributed by atoms with Crippen molar-refractivity contribution in [1.82, 2.24) is 5.32 Å². The van der Waals surface area contributed by atoms with Crippen molar-refractivity contribution in [3.05, 3.63) is 53.6 Å². The standard InChI is InChI=1S/C21H25N3O4S/c1-5-16(4)22-19(25)13-23-17-11-6-7-12-18(17)29(27,28)24(21(23)26)20-14(2)9-8-10-15(20)3/h6-12,16H,5,13H2,1-4H3,(H,22,25). The molecule has 3 amide bonds. The summed E-state index contributed by atoms with van der Waals surface area (Å²) in [5, 5.41) is 2.83. The molecule has 3 rings (SSSR count). The highest BCUT2D eigenvalue weighted by Gasteiger charge is 2.44. The van der Waals surface area contributed by atoms with Crippen molar-refractivity contribution in [3.63, 3.8) is 0 Å². The number of amides is 3. The van der Waals surface area contributed by atoms with Gasteiger partial charge in [0.25, 0.3) is 10.0 Å². The zero-order chi connectivity index (χ0) is 21.3. The molecule has 1 unspecified atom stereocenters. The molecule has 1 heterocycles. The Hall–Kier alpha value is -2.87. The third kappa shape index (κ3) is 3.72.